The fourth-order valence-corrected chi connectivity index (χ4v) is 4.50. The van der Waals surface area contributed by atoms with Crippen molar-refractivity contribution in [3.05, 3.63) is 41.0 Å². The average Bonchev–Trinajstić information content (AvgIpc) is 2.70. The van der Waals surface area contributed by atoms with Crippen LogP contribution in [0, 0.1) is 41.2 Å². The maximum absolute atomic E-state index is 13.9. The van der Waals surface area contributed by atoms with Gasteiger partial charge in [-0.25, -0.2) is 8.78 Å². The first-order valence-corrected chi connectivity index (χ1v) is 10.3. The van der Waals surface area contributed by atoms with E-state index in [9.17, 15) is 8.78 Å². The molecule has 2 aliphatic carbocycles. The van der Waals surface area contributed by atoms with Gasteiger partial charge in [0.1, 0.15) is 5.69 Å². The minimum Gasteiger partial charge on any atom is -0.204 e. The van der Waals surface area contributed by atoms with Crippen molar-refractivity contribution in [2.75, 3.05) is 0 Å². The highest BCUT2D eigenvalue weighted by Gasteiger charge is 2.27. The largest absolute Gasteiger partial charge is 0.204 e. The van der Waals surface area contributed by atoms with E-state index in [-0.39, 0.29) is 0 Å². The van der Waals surface area contributed by atoms with Crippen molar-refractivity contribution in [2.24, 2.45) is 22.7 Å². The summed E-state index contributed by atoms with van der Waals surface area (Å²) in [7, 11) is 0. The highest BCUT2D eigenvalue weighted by Crippen LogP contribution is 2.40. The van der Waals surface area contributed by atoms with Crippen LogP contribution in [0.15, 0.2) is 28.8 Å². The van der Waals surface area contributed by atoms with Crippen molar-refractivity contribution >= 4 is 23.1 Å². The maximum atomic E-state index is 13.9. The van der Waals surface area contributed by atoms with Crippen LogP contribution in [0.4, 0.5) is 14.5 Å². The van der Waals surface area contributed by atoms with Crippen molar-refractivity contribution in [1.82, 2.24) is 0 Å². The van der Waals surface area contributed by atoms with Gasteiger partial charge in [-0.1, -0.05) is 44.1 Å². The molecular weight excluding hydrogens is 360 g/mol. The molecule has 1 nitrogen and oxygen atoms in total. The topological polar surface area (TPSA) is 12.4 Å². The summed E-state index contributed by atoms with van der Waals surface area (Å²) in [5.74, 6) is 7.01. The van der Waals surface area contributed by atoms with Gasteiger partial charge >= 0.3 is 0 Å². The van der Waals surface area contributed by atoms with Crippen LogP contribution in [0.2, 0.25) is 0 Å². The summed E-state index contributed by atoms with van der Waals surface area (Å²) in [6.07, 6.45) is 12.3. The summed E-state index contributed by atoms with van der Waals surface area (Å²) in [4.78, 5) is 3.41. The monoisotopic (exact) mass is 385 g/mol. The van der Waals surface area contributed by atoms with E-state index in [2.05, 4.69) is 42.1 Å². The highest BCUT2D eigenvalue weighted by molar-refractivity contribution is 7.78. The summed E-state index contributed by atoms with van der Waals surface area (Å²) in [6.45, 7) is 2.30. The molecular formula is C23H25F2NS. The fraction of sp³-hybridized carbons (Fsp3) is 0.522. The van der Waals surface area contributed by atoms with Crippen molar-refractivity contribution in [2.45, 2.75) is 58.3 Å². The van der Waals surface area contributed by atoms with Gasteiger partial charge in [-0.3, -0.25) is 0 Å². The number of rotatable bonds is 3. The van der Waals surface area contributed by atoms with E-state index in [1.165, 1.54) is 50.7 Å². The van der Waals surface area contributed by atoms with E-state index in [1.807, 2.05) is 5.16 Å². The molecule has 27 heavy (non-hydrogen) atoms. The molecule has 142 valence electrons. The first-order chi connectivity index (χ1) is 13.1. The molecule has 1 saturated carbocycles. The van der Waals surface area contributed by atoms with Gasteiger partial charge in [0.15, 0.2) is 11.6 Å². The fourth-order valence-electron chi connectivity index (χ4n) is 4.41. The van der Waals surface area contributed by atoms with Crippen molar-refractivity contribution < 1.29 is 8.78 Å². The van der Waals surface area contributed by atoms with E-state index >= 15 is 0 Å². The highest BCUT2D eigenvalue weighted by atomic mass is 32.1. The van der Waals surface area contributed by atoms with E-state index in [0.717, 1.165) is 36.2 Å². The van der Waals surface area contributed by atoms with Gasteiger partial charge < -0.3 is 0 Å². The smallest absolute Gasteiger partial charge is 0.153 e. The minimum atomic E-state index is -0.767. The first-order valence-electron chi connectivity index (χ1n) is 9.88. The molecule has 1 unspecified atom stereocenters. The summed E-state index contributed by atoms with van der Waals surface area (Å²) < 4.78 is 27.7. The molecule has 4 heteroatoms. The van der Waals surface area contributed by atoms with Crippen molar-refractivity contribution in [3.63, 3.8) is 0 Å². The Morgan fingerprint density at radius 1 is 1.04 bits per heavy atom. The summed E-state index contributed by atoms with van der Waals surface area (Å²) in [6, 6.07) is 2.39. The summed E-state index contributed by atoms with van der Waals surface area (Å²) in [5, 5.41) is 1.99. The third-order valence-electron chi connectivity index (χ3n) is 6.13. The zero-order valence-electron chi connectivity index (χ0n) is 15.7. The number of hydrogen-bond donors (Lipinski definition) is 0. The average molecular weight is 386 g/mol. The molecule has 1 aromatic carbocycles. The maximum Gasteiger partial charge on any atom is 0.153 e. The van der Waals surface area contributed by atoms with Gasteiger partial charge in [0.05, 0.1) is 5.16 Å². The van der Waals surface area contributed by atoms with E-state index in [4.69, 9.17) is 0 Å². The lowest BCUT2D eigenvalue weighted by molar-refractivity contribution is 0.190. The molecule has 1 fully saturated rings. The summed E-state index contributed by atoms with van der Waals surface area (Å²) >= 11 is 4.41. The number of aliphatic imine (C=N–C) groups is 1. The molecule has 0 radical (unpaired) electrons. The summed E-state index contributed by atoms with van der Waals surface area (Å²) in [5.41, 5.74) is 0.984. The van der Waals surface area contributed by atoms with Gasteiger partial charge in [0.2, 0.25) is 0 Å². The Balaban J connectivity index is 1.62. The third kappa shape index (κ3) is 5.12. The van der Waals surface area contributed by atoms with Crippen LogP contribution in [0.3, 0.4) is 0 Å². The Labute approximate surface area is 166 Å². The number of benzene rings is 1. The molecule has 1 aromatic rings. The van der Waals surface area contributed by atoms with E-state index in [1.54, 1.807) is 0 Å². The number of nitrogens with zero attached hydrogens (tertiary/aromatic N) is 1. The molecule has 0 saturated heterocycles. The molecule has 0 aliphatic heterocycles. The van der Waals surface area contributed by atoms with Crippen LogP contribution in [-0.4, -0.2) is 5.16 Å². The van der Waals surface area contributed by atoms with Gasteiger partial charge in [-0.15, -0.1) is 0 Å². The van der Waals surface area contributed by atoms with Crippen LogP contribution < -0.4 is 0 Å². The lowest BCUT2D eigenvalue weighted by Crippen LogP contribution is -2.23. The van der Waals surface area contributed by atoms with Crippen molar-refractivity contribution in [3.8, 4) is 11.8 Å². The second kappa shape index (κ2) is 9.40. The molecule has 3 rings (SSSR count). The molecule has 0 amide bonds. The molecule has 0 N–H and O–H groups in total. The SMILES string of the molecule is CCC1CCC(C2CC=C(C#Cc3cc(F)c(N=C=S)c(F)c3)CC2)CC1. The van der Waals surface area contributed by atoms with Gasteiger partial charge in [-0.2, -0.15) is 4.99 Å². The van der Waals surface area contributed by atoms with Crippen LogP contribution in [0.5, 0.6) is 0 Å². The standard InChI is InChI=1S/C23H25F2NS/c1-2-16-5-9-19(10-6-16)20-11-7-17(8-12-20)3-4-18-13-21(24)23(26-15-27)22(25)14-18/h7,13-14,16,19-20H,2,5-6,8-12H2,1H3. The third-order valence-corrected chi connectivity index (χ3v) is 6.22. The Morgan fingerprint density at radius 2 is 1.74 bits per heavy atom. The number of isothiocyanates is 1. The Bertz CT molecular complexity index is 796. The molecule has 0 spiro atoms. The Morgan fingerprint density at radius 3 is 2.30 bits per heavy atom. The Kier molecular flexibility index (Phi) is 6.94. The predicted octanol–water partition coefficient (Wildman–Crippen LogP) is 6.99. The number of hydrogen-bond acceptors (Lipinski definition) is 2. The van der Waals surface area contributed by atoms with E-state index in [0.29, 0.717) is 5.56 Å². The predicted molar refractivity (Wildman–Crippen MR) is 109 cm³/mol. The minimum absolute atomic E-state index is 0.314. The van der Waals surface area contributed by atoms with E-state index < -0.39 is 17.3 Å². The second-order valence-electron chi connectivity index (χ2n) is 7.69. The molecule has 0 aromatic heterocycles. The van der Waals surface area contributed by atoms with Gasteiger partial charge in [0, 0.05) is 5.56 Å². The Hall–Kier alpha value is -1.82. The van der Waals surface area contributed by atoms with Crippen LogP contribution >= 0.6 is 12.2 Å². The van der Waals surface area contributed by atoms with Gasteiger partial charge in [0.25, 0.3) is 0 Å². The first kappa shape index (κ1) is 19.9. The van der Waals surface area contributed by atoms with Crippen LogP contribution in [0.1, 0.15) is 63.9 Å². The molecule has 1 atom stereocenters. The second-order valence-corrected chi connectivity index (χ2v) is 7.88. The van der Waals surface area contributed by atoms with Crippen LogP contribution in [-0.2, 0) is 0 Å². The van der Waals surface area contributed by atoms with Crippen LogP contribution in [0.25, 0.3) is 0 Å². The normalized spacial score (nSPS) is 25.0. The molecule has 0 bridgehead atoms. The van der Waals surface area contributed by atoms with Crippen molar-refractivity contribution in [1.29, 1.82) is 0 Å². The molecule has 0 heterocycles. The quantitative estimate of drug-likeness (QED) is 0.310. The lowest BCUT2D eigenvalue weighted by Gasteiger charge is -2.34. The zero-order valence-corrected chi connectivity index (χ0v) is 16.5. The van der Waals surface area contributed by atoms with Gasteiger partial charge in [-0.05, 0) is 79.8 Å². The lowest BCUT2D eigenvalue weighted by atomic mass is 9.71. The number of halogens is 2. The zero-order chi connectivity index (χ0) is 19.2. The number of allylic oxidation sites excluding steroid dienone is 2. The molecule has 2 aliphatic rings. The number of thiocarbonyl (C=S) groups is 1.